The average molecular weight is 244 g/mol. The van der Waals surface area contributed by atoms with Gasteiger partial charge in [-0.05, 0) is 18.9 Å². The Labute approximate surface area is 98.2 Å². The van der Waals surface area contributed by atoms with Crippen LogP contribution in [0.3, 0.4) is 0 Å². The summed E-state index contributed by atoms with van der Waals surface area (Å²) >= 11 is 0. The normalized spacial score (nSPS) is 21.6. The lowest BCUT2D eigenvalue weighted by Gasteiger charge is -2.24. The zero-order chi connectivity index (χ0) is 13.0. The summed E-state index contributed by atoms with van der Waals surface area (Å²) in [6.45, 7) is 0.624. The highest BCUT2D eigenvalue weighted by atomic mass is 16.4. The number of hydrogen-bond donors (Lipinski definition) is 3. The van der Waals surface area contributed by atoms with E-state index in [1.165, 1.54) is 4.90 Å². The second kappa shape index (κ2) is 5.62. The number of nitrogens with two attached hydrogens (primary N) is 1. The first kappa shape index (κ1) is 13.4. The van der Waals surface area contributed by atoms with Gasteiger partial charge in [0, 0.05) is 19.4 Å². The summed E-state index contributed by atoms with van der Waals surface area (Å²) in [4.78, 5) is 34.3. The van der Waals surface area contributed by atoms with Crippen molar-refractivity contribution in [2.24, 2.45) is 11.7 Å². The molecule has 2 unspecified atom stereocenters. The van der Waals surface area contributed by atoms with Gasteiger partial charge in [-0.2, -0.15) is 0 Å². The molecule has 1 heterocycles. The molecule has 2 atom stereocenters. The van der Waals surface area contributed by atoms with Crippen molar-refractivity contribution in [3.8, 4) is 0 Å². The number of likely N-dealkylation sites (tertiary alicyclic amines) is 1. The van der Waals surface area contributed by atoms with Gasteiger partial charge in [0.1, 0.15) is 6.04 Å². The number of carbonyl (C=O) groups excluding carboxylic acids is 1. The summed E-state index contributed by atoms with van der Waals surface area (Å²) in [6, 6.07) is -1.06. The maximum atomic E-state index is 11.6. The van der Waals surface area contributed by atoms with Crippen molar-refractivity contribution < 1.29 is 24.6 Å². The Bertz CT molecular complexity index is 331. The van der Waals surface area contributed by atoms with Crippen LogP contribution < -0.4 is 5.73 Å². The molecule has 0 radical (unpaired) electrons. The van der Waals surface area contributed by atoms with E-state index >= 15 is 0 Å². The van der Waals surface area contributed by atoms with Gasteiger partial charge in [-0.3, -0.25) is 9.59 Å². The summed E-state index contributed by atoms with van der Waals surface area (Å²) in [5, 5.41) is 17.5. The van der Waals surface area contributed by atoms with E-state index in [0.29, 0.717) is 13.1 Å². The van der Waals surface area contributed by atoms with Gasteiger partial charge in [-0.25, -0.2) is 4.79 Å². The summed E-state index contributed by atoms with van der Waals surface area (Å²) in [5.74, 6) is -2.54. The number of aliphatic carboxylic acids is 2. The highest BCUT2D eigenvalue weighted by Crippen LogP contribution is 2.21. The maximum Gasteiger partial charge on any atom is 0.326 e. The van der Waals surface area contributed by atoms with Gasteiger partial charge in [0.15, 0.2) is 0 Å². The lowest BCUT2D eigenvalue weighted by molar-refractivity contribution is -0.149. The van der Waals surface area contributed by atoms with E-state index in [2.05, 4.69) is 0 Å². The number of carbonyl (C=O) groups is 3. The van der Waals surface area contributed by atoms with E-state index in [0.717, 1.165) is 0 Å². The molecule has 0 bridgehead atoms. The number of rotatable bonds is 6. The molecule has 1 aliphatic rings. The Hall–Kier alpha value is -1.63. The summed E-state index contributed by atoms with van der Waals surface area (Å²) in [7, 11) is 0. The van der Waals surface area contributed by atoms with E-state index in [9.17, 15) is 14.4 Å². The molecular weight excluding hydrogens is 228 g/mol. The minimum atomic E-state index is -1.17. The predicted molar refractivity (Wildman–Crippen MR) is 57.2 cm³/mol. The second-order valence-electron chi connectivity index (χ2n) is 4.14. The van der Waals surface area contributed by atoms with Crippen LogP contribution in [-0.4, -0.2) is 52.1 Å². The first-order valence-electron chi connectivity index (χ1n) is 5.39. The summed E-state index contributed by atoms with van der Waals surface area (Å²) in [5.41, 5.74) is 5.44. The quantitative estimate of drug-likeness (QED) is 0.557. The van der Waals surface area contributed by atoms with Crippen LogP contribution >= 0.6 is 0 Å². The topological polar surface area (TPSA) is 121 Å². The molecule has 0 aromatic carbocycles. The molecule has 1 saturated heterocycles. The standard InChI is InChI=1S/C10H16N2O5/c11-4-6-3-8(13)12(5-6)7(10(16)17)1-2-9(14)15/h6-7H,1-5,11H2,(H,14,15)(H,16,17). The SMILES string of the molecule is NCC1CC(=O)N(C(CCC(=O)O)C(=O)O)C1. The Morgan fingerprint density at radius 1 is 1.47 bits per heavy atom. The predicted octanol–water partition coefficient (Wildman–Crippen LogP) is -0.888. The van der Waals surface area contributed by atoms with Crippen molar-refractivity contribution in [3.63, 3.8) is 0 Å². The Morgan fingerprint density at radius 2 is 2.12 bits per heavy atom. The molecule has 96 valence electrons. The van der Waals surface area contributed by atoms with E-state index in [-0.39, 0.29) is 31.1 Å². The smallest absolute Gasteiger partial charge is 0.326 e. The zero-order valence-electron chi connectivity index (χ0n) is 9.33. The fraction of sp³-hybridized carbons (Fsp3) is 0.700. The summed E-state index contributed by atoms with van der Waals surface area (Å²) in [6.07, 6.45) is -0.102. The van der Waals surface area contributed by atoms with Crippen LogP contribution in [0.1, 0.15) is 19.3 Å². The highest BCUT2D eigenvalue weighted by molar-refractivity contribution is 5.85. The van der Waals surface area contributed by atoms with Gasteiger partial charge in [0.2, 0.25) is 5.91 Å². The lowest BCUT2D eigenvalue weighted by Crippen LogP contribution is -2.42. The molecular formula is C10H16N2O5. The third-order valence-corrected chi connectivity index (χ3v) is 2.86. The number of hydrogen-bond acceptors (Lipinski definition) is 4. The molecule has 0 spiro atoms. The molecule has 1 amide bonds. The highest BCUT2D eigenvalue weighted by Gasteiger charge is 2.37. The van der Waals surface area contributed by atoms with Crippen molar-refractivity contribution in [3.05, 3.63) is 0 Å². The minimum Gasteiger partial charge on any atom is -0.481 e. The third-order valence-electron chi connectivity index (χ3n) is 2.86. The Balaban J connectivity index is 2.67. The molecule has 0 aromatic rings. The van der Waals surface area contributed by atoms with Crippen LogP contribution in [0.25, 0.3) is 0 Å². The fourth-order valence-electron chi connectivity index (χ4n) is 1.94. The number of carboxylic acids is 2. The van der Waals surface area contributed by atoms with Crippen molar-refractivity contribution >= 4 is 17.8 Å². The number of nitrogens with zero attached hydrogens (tertiary/aromatic N) is 1. The molecule has 17 heavy (non-hydrogen) atoms. The van der Waals surface area contributed by atoms with Crippen molar-refractivity contribution in [2.45, 2.75) is 25.3 Å². The first-order chi connectivity index (χ1) is 7.95. The second-order valence-corrected chi connectivity index (χ2v) is 4.14. The van der Waals surface area contributed by atoms with Crippen molar-refractivity contribution in [1.29, 1.82) is 0 Å². The van der Waals surface area contributed by atoms with Crippen LogP contribution in [0.4, 0.5) is 0 Å². The van der Waals surface area contributed by atoms with Crippen LogP contribution in [0.2, 0.25) is 0 Å². The monoisotopic (exact) mass is 244 g/mol. The van der Waals surface area contributed by atoms with Gasteiger partial charge in [0.05, 0.1) is 0 Å². The molecule has 1 rings (SSSR count). The van der Waals surface area contributed by atoms with Crippen LogP contribution in [-0.2, 0) is 14.4 Å². The van der Waals surface area contributed by atoms with Crippen LogP contribution in [0, 0.1) is 5.92 Å². The van der Waals surface area contributed by atoms with Crippen LogP contribution in [0.15, 0.2) is 0 Å². The summed E-state index contributed by atoms with van der Waals surface area (Å²) < 4.78 is 0. The molecule has 1 fully saturated rings. The van der Waals surface area contributed by atoms with Crippen molar-refractivity contribution in [2.75, 3.05) is 13.1 Å². The number of carboxylic acid groups (broad SMARTS) is 2. The molecule has 7 heteroatoms. The van der Waals surface area contributed by atoms with E-state index in [1.807, 2.05) is 0 Å². The minimum absolute atomic E-state index is 0.0332. The molecule has 1 aliphatic heterocycles. The maximum absolute atomic E-state index is 11.6. The molecule has 0 aliphatic carbocycles. The molecule has 4 N–H and O–H groups in total. The van der Waals surface area contributed by atoms with Gasteiger partial charge in [-0.15, -0.1) is 0 Å². The Kier molecular flexibility index (Phi) is 4.45. The molecule has 0 aromatic heterocycles. The molecule has 0 saturated carbocycles. The van der Waals surface area contributed by atoms with E-state index in [1.54, 1.807) is 0 Å². The van der Waals surface area contributed by atoms with Gasteiger partial charge in [-0.1, -0.05) is 0 Å². The van der Waals surface area contributed by atoms with E-state index in [4.69, 9.17) is 15.9 Å². The largest absolute Gasteiger partial charge is 0.481 e. The number of amides is 1. The van der Waals surface area contributed by atoms with Gasteiger partial charge in [0.25, 0.3) is 0 Å². The lowest BCUT2D eigenvalue weighted by atomic mass is 10.1. The Morgan fingerprint density at radius 3 is 2.53 bits per heavy atom. The average Bonchev–Trinajstić information content (AvgIpc) is 2.59. The van der Waals surface area contributed by atoms with Crippen molar-refractivity contribution in [1.82, 2.24) is 4.90 Å². The fourth-order valence-corrected chi connectivity index (χ4v) is 1.94. The first-order valence-corrected chi connectivity index (χ1v) is 5.39. The molecule has 7 nitrogen and oxygen atoms in total. The zero-order valence-corrected chi connectivity index (χ0v) is 9.33. The van der Waals surface area contributed by atoms with E-state index < -0.39 is 18.0 Å². The third kappa shape index (κ3) is 3.42. The van der Waals surface area contributed by atoms with Gasteiger partial charge >= 0.3 is 11.9 Å². The van der Waals surface area contributed by atoms with Crippen LogP contribution in [0.5, 0.6) is 0 Å². The van der Waals surface area contributed by atoms with Gasteiger partial charge < -0.3 is 20.8 Å².